The quantitative estimate of drug-likeness (QED) is 0.496. The fraction of sp³-hybridized carbons (Fsp3) is 0.429. The molecular weight excluding hydrogens is 422 g/mol. The van der Waals surface area contributed by atoms with E-state index < -0.39 is 10.0 Å². The second kappa shape index (κ2) is 7.83. The number of nitrogens with one attached hydrogen (secondary N) is 3. The van der Waals surface area contributed by atoms with E-state index in [1.54, 1.807) is 6.20 Å². The van der Waals surface area contributed by atoms with Crippen LogP contribution in [0.5, 0.6) is 0 Å². The summed E-state index contributed by atoms with van der Waals surface area (Å²) in [5, 5.41) is 4.79. The van der Waals surface area contributed by atoms with Crippen molar-refractivity contribution in [3.8, 4) is 11.1 Å². The van der Waals surface area contributed by atoms with Crippen LogP contribution in [0.2, 0.25) is 5.15 Å². The van der Waals surface area contributed by atoms with Crippen molar-refractivity contribution in [1.82, 2.24) is 19.7 Å². The highest BCUT2D eigenvalue weighted by Crippen LogP contribution is 2.32. The highest BCUT2D eigenvalue weighted by molar-refractivity contribution is 7.90. The minimum Gasteiger partial charge on any atom is -0.367 e. The summed E-state index contributed by atoms with van der Waals surface area (Å²) in [6.07, 6.45) is 8.70. The fourth-order valence-electron chi connectivity index (χ4n) is 4.19. The van der Waals surface area contributed by atoms with E-state index in [1.165, 1.54) is 0 Å². The van der Waals surface area contributed by atoms with Crippen LogP contribution >= 0.6 is 11.6 Å². The number of rotatable bonds is 6. The van der Waals surface area contributed by atoms with Gasteiger partial charge in [-0.1, -0.05) is 11.6 Å². The maximum absolute atomic E-state index is 12.2. The number of sulfonamides is 1. The van der Waals surface area contributed by atoms with Crippen molar-refractivity contribution in [2.24, 2.45) is 0 Å². The summed E-state index contributed by atoms with van der Waals surface area (Å²) in [7, 11) is -3.13. The lowest BCUT2D eigenvalue weighted by Gasteiger charge is -2.30. The second-order valence-corrected chi connectivity index (χ2v) is 10.6. The molecular formula is C21H24ClN5O2S. The first-order valence-electron chi connectivity index (χ1n) is 10.4. The van der Waals surface area contributed by atoms with Gasteiger partial charge in [0.1, 0.15) is 16.6 Å². The molecule has 9 heteroatoms. The normalized spacial score (nSPS) is 22.3. The van der Waals surface area contributed by atoms with E-state index in [1.807, 2.05) is 30.5 Å². The molecule has 2 aliphatic carbocycles. The van der Waals surface area contributed by atoms with Crippen LogP contribution in [-0.2, 0) is 10.0 Å². The lowest BCUT2D eigenvalue weighted by molar-refractivity contribution is 0.386. The number of aromatic nitrogens is 3. The Morgan fingerprint density at radius 1 is 1.07 bits per heavy atom. The maximum atomic E-state index is 12.2. The molecule has 3 aromatic heterocycles. The smallest absolute Gasteiger partial charge is 0.214 e. The summed E-state index contributed by atoms with van der Waals surface area (Å²) in [6, 6.07) is 8.08. The molecule has 0 aromatic carbocycles. The van der Waals surface area contributed by atoms with E-state index in [0.717, 1.165) is 66.5 Å². The van der Waals surface area contributed by atoms with Gasteiger partial charge in [0.25, 0.3) is 0 Å². The van der Waals surface area contributed by atoms with Crippen LogP contribution in [0, 0.1) is 0 Å². The largest absolute Gasteiger partial charge is 0.367 e. The minimum atomic E-state index is -3.13. The van der Waals surface area contributed by atoms with E-state index >= 15 is 0 Å². The van der Waals surface area contributed by atoms with Crippen LogP contribution in [0.3, 0.4) is 0 Å². The summed E-state index contributed by atoms with van der Waals surface area (Å²) >= 11 is 6.31. The van der Waals surface area contributed by atoms with Gasteiger partial charge in [0.15, 0.2) is 0 Å². The van der Waals surface area contributed by atoms with Gasteiger partial charge in [-0.05, 0) is 68.4 Å². The molecule has 158 valence electrons. The average Bonchev–Trinajstić information content (AvgIpc) is 3.49. The highest BCUT2D eigenvalue weighted by Gasteiger charge is 2.37. The molecule has 3 N–H and O–H groups in total. The summed E-state index contributed by atoms with van der Waals surface area (Å²) in [5.74, 6) is 0.734. The second-order valence-electron chi connectivity index (χ2n) is 8.22. The number of hydrogen-bond acceptors (Lipinski definition) is 5. The summed E-state index contributed by atoms with van der Waals surface area (Å²) < 4.78 is 27.2. The zero-order valence-electron chi connectivity index (χ0n) is 16.4. The van der Waals surface area contributed by atoms with Gasteiger partial charge >= 0.3 is 0 Å². The number of hydrogen-bond donors (Lipinski definition) is 3. The van der Waals surface area contributed by atoms with E-state index in [4.69, 9.17) is 11.6 Å². The van der Waals surface area contributed by atoms with E-state index in [0.29, 0.717) is 5.15 Å². The van der Waals surface area contributed by atoms with Gasteiger partial charge in [-0.25, -0.2) is 23.1 Å². The summed E-state index contributed by atoms with van der Waals surface area (Å²) in [5.41, 5.74) is 2.84. The van der Waals surface area contributed by atoms with Gasteiger partial charge in [0.2, 0.25) is 10.0 Å². The third-order valence-corrected chi connectivity index (χ3v) is 8.13. The van der Waals surface area contributed by atoms with Gasteiger partial charge in [-0.3, -0.25) is 0 Å². The molecule has 2 fully saturated rings. The first-order chi connectivity index (χ1) is 14.5. The van der Waals surface area contributed by atoms with Gasteiger partial charge in [-0.15, -0.1) is 0 Å². The fourth-order valence-corrected chi connectivity index (χ4v) is 6.05. The monoisotopic (exact) mass is 445 g/mol. The van der Waals surface area contributed by atoms with Crippen LogP contribution in [0.25, 0.3) is 22.2 Å². The van der Waals surface area contributed by atoms with E-state index in [2.05, 4.69) is 25.0 Å². The van der Waals surface area contributed by atoms with Crippen molar-refractivity contribution < 1.29 is 8.42 Å². The van der Waals surface area contributed by atoms with E-state index in [-0.39, 0.29) is 17.3 Å². The predicted molar refractivity (Wildman–Crippen MR) is 119 cm³/mol. The molecule has 2 aliphatic rings. The topological polar surface area (TPSA) is 99.8 Å². The highest BCUT2D eigenvalue weighted by atomic mass is 35.5. The Balaban J connectivity index is 1.27. The molecule has 0 atom stereocenters. The number of halogens is 1. The Kier molecular flexibility index (Phi) is 5.16. The van der Waals surface area contributed by atoms with Crippen molar-refractivity contribution in [2.45, 2.75) is 55.9 Å². The molecule has 7 nitrogen and oxygen atoms in total. The van der Waals surface area contributed by atoms with Crippen molar-refractivity contribution in [1.29, 1.82) is 0 Å². The molecule has 0 spiro atoms. The molecule has 0 bridgehead atoms. The molecule has 30 heavy (non-hydrogen) atoms. The Morgan fingerprint density at radius 2 is 1.83 bits per heavy atom. The number of anilines is 1. The number of H-pyrrole nitrogens is 1. The molecule has 0 unspecified atom stereocenters. The Morgan fingerprint density at radius 3 is 2.60 bits per heavy atom. The Bertz CT molecular complexity index is 1170. The van der Waals surface area contributed by atoms with Crippen LogP contribution in [-0.4, -0.2) is 40.7 Å². The molecule has 0 amide bonds. The first kappa shape index (κ1) is 19.8. The van der Waals surface area contributed by atoms with Crippen molar-refractivity contribution in [2.75, 3.05) is 5.32 Å². The standard InChI is InChI=1S/C21H24ClN5O2S/c22-19-10-13(18-12-24-21-17(18)2-1-9-23-21)11-20(26-19)25-14-3-5-15(6-4-14)27-30(28,29)16-7-8-16/h1-2,9-12,14-16,27H,3-8H2,(H,23,24)(H,25,26)/t14-,15-. The molecule has 2 saturated carbocycles. The van der Waals surface area contributed by atoms with Crippen molar-refractivity contribution in [3.05, 3.63) is 41.8 Å². The third kappa shape index (κ3) is 4.17. The Labute approximate surface area is 180 Å². The predicted octanol–water partition coefficient (Wildman–Crippen LogP) is 4.08. The average molecular weight is 446 g/mol. The minimum absolute atomic E-state index is 0.0373. The van der Waals surface area contributed by atoms with Crippen LogP contribution < -0.4 is 10.0 Å². The van der Waals surface area contributed by atoms with Gasteiger partial charge in [0.05, 0.1) is 5.25 Å². The lowest BCUT2D eigenvalue weighted by Crippen LogP contribution is -2.41. The van der Waals surface area contributed by atoms with Crippen molar-refractivity contribution >= 4 is 38.5 Å². The van der Waals surface area contributed by atoms with Crippen LogP contribution in [0.4, 0.5) is 5.82 Å². The lowest BCUT2D eigenvalue weighted by atomic mass is 9.92. The molecule has 3 heterocycles. The molecule has 5 rings (SSSR count). The molecule has 3 aromatic rings. The van der Waals surface area contributed by atoms with Gasteiger partial charge < -0.3 is 10.3 Å². The number of pyridine rings is 2. The number of fused-ring (bicyclic) bond motifs is 1. The van der Waals surface area contributed by atoms with Crippen LogP contribution in [0.1, 0.15) is 38.5 Å². The SMILES string of the molecule is O=S(=O)(N[C@H]1CC[C@H](Nc2cc(-c3c[nH]c4ncccc34)cc(Cl)n2)CC1)C1CC1. The van der Waals surface area contributed by atoms with Crippen molar-refractivity contribution in [3.63, 3.8) is 0 Å². The number of aromatic amines is 1. The zero-order chi connectivity index (χ0) is 20.7. The van der Waals surface area contributed by atoms with Gasteiger partial charge in [0, 0.05) is 35.4 Å². The maximum Gasteiger partial charge on any atom is 0.214 e. The Hall–Kier alpha value is -2.16. The third-order valence-electron chi connectivity index (χ3n) is 5.93. The first-order valence-corrected chi connectivity index (χ1v) is 12.3. The zero-order valence-corrected chi connectivity index (χ0v) is 18.0. The summed E-state index contributed by atoms with van der Waals surface area (Å²) in [4.78, 5) is 12.0. The van der Waals surface area contributed by atoms with Gasteiger partial charge in [-0.2, -0.15) is 0 Å². The summed E-state index contributed by atoms with van der Waals surface area (Å²) in [6.45, 7) is 0. The van der Waals surface area contributed by atoms with Crippen LogP contribution in [0.15, 0.2) is 36.7 Å². The molecule has 0 saturated heterocycles. The molecule has 0 aliphatic heterocycles. The molecule has 0 radical (unpaired) electrons. The van der Waals surface area contributed by atoms with E-state index in [9.17, 15) is 8.42 Å². The number of nitrogens with zero attached hydrogens (tertiary/aromatic N) is 2.